The van der Waals surface area contributed by atoms with Gasteiger partial charge in [0, 0.05) is 24.6 Å². The van der Waals surface area contributed by atoms with Crippen LogP contribution in [-0.2, 0) is 11.3 Å². The molecule has 8 rings (SSSR count). The molecule has 102 valence electrons. The molecule has 1 aromatic heterocycles. The van der Waals surface area contributed by atoms with Crippen molar-refractivity contribution < 1.29 is 4.74 Å². The molecule has 5 aliphatic carbocycles. The van der Waals surface area contributed by atoms with Crippen molar-refractivity contribution in [3.8, 4) is 0 Å². The molecule has 3 heteroatoms. The molecule has 3 nitrogen and oxygen atoms in total. The third-order valence-electron chi connectivity index (χ3n) is 7.97. The first-order valence-electron chi connectivity index (χ1n) is 8.23. The summed E-state index contributed by atoms with van der Waals surface area (Å²) in [6, 6.07) is 6.18. The predicted molar refractivity (Wildman–Crippen MR) is 71.2 cm³/mol. The van der Waals surface area contributed by atoms with Crippen LogP contribution in [-0.4, -0.2) is 16.8 Å². The largest absolute Gasteiger partial charge is 0.356 e. The van der Waals surface area contributed by atoms with Crippen molar-refractivity contribution in [2.45, 2.75) is 24.8 Å². The average Bonchev–Trinajstić information content (AvgIpc) is 3.10. The van der Waals surface area contributed by atoms with Gasteiger partial charge in [0.15, 0.2) is 0 Å². The van der Waals surface area contributed by atoms with Crippen LogP contribution in [0.5, 0.6) is 0 Å². The summed E-state index contributed by atoms with van der Waals surface area (Å²) in [5.74, 6) is 7.66. The summed E-state index contributed by atoms with van der Waals surface area (Å²) >= 11 is 0. The van der Waals surface area contributed by atoms with Crippen molar-refractivity contribution in [2.75, 3.05) is 0 Å². The summed E-state index contributed by atoms with van der Waals surface area (Å²) in [6.45, 7) is 0.870. The van der Waals surface area contributed by atoms with E-state index in [0.717, 1.165) is 59.6 Å². The van der Waals surface area contributed by atoms with Gasteiger partial charge in [-0.25, -0.2) is 0 Å². The van der Waals surface area contributed by atoms with Crippen molar-refractivity contribution in [3.05, 3.63) is 30.1 Å². The molecule has 10 unspecified atom stereocenters. The number of nitrogens with one attached hydrogen (secondary N) is 1. The normalized spacial score (nSPS) is 64.7. The van der Waals surface area contributed by atoms with Gasteiger partial charge in [0.05, 0.1) is 11.8 Å². The number of hydrogen-bond acceptors (Lipinski definition) is 3. The van der Waals surface area contributed by atoms with Gasteiger partial charge < -0.3 is 4.74 Å². The minimum atomic E-state index is 0.0502. The molecule has 0 aromatic carbocycles. The molecule has 0 radical (unpaired) electrons. The number of aromatic nitrogens is 1. The molecule has 0 spiro atoms. The van der Waals surface area contributed by atoms with E-state index in [-0.39, 0.29) is 5.72 Å². The number of rotatable bonds is 3. The average molecular weight is 266 g/mol. The van der Waals surface area contributed by atoms with Crippen LogP contribution in [0.1, 0.15) is 12.1 Å². The summed E-state index contributed by atoms with van der Waals surface area (Å²) in [5.41, 5.74) is 1.20. The quantitative estimate of drug-likeness (QED) is 0.903. The molecule has 10 atom stereocenters. The van der Waals surface area contributed by atoms with E-state index >= 15 is 0 Å². The van der Waals surface area contributed by atoms with Gasteiger partial charge in [-0.3, -0.25) is 10.3 Å². The second-order valence-corrected chi connectivity index (χ2v) is 7.97. The molecule has 7 fully saturated rings. The van der Waals surface area contributed by atoms with Gasteiger partial charge >= 0.3 is 0 Å². The Balaban J connectivity index is 1.29. The number of ether oxygens (including phenoxy) is 1. The third-order valence-corrected chi connectivity index (χ3v) is 7.97. The standard InChI is InChI=1S/C17H18N2O/c1-2-4-18-7(3-1)6-19-17-14-9-5-8-10-11(9)15(17)13(10)16(20-17)12(8)14/h1-4,8-16,19H,5-6H2. The molecule has 20 heavy (non-hydrogen) atoms. The molecule has 2 saturated heterocycles. The minimum absolute atomic E-state index is 0.0502. The molecule has 1 aromatic rings. The van der Waals surface area contributed by atoms with Gasteiger partial charge in [0.1, 0.15) is 5.72 Å². The summed E-state index contributed by atoms with van der Waals surface area (Å²) in [5, 5.41) is 3.86. The Morgan fingerprint density at radius 3 is 3.05 bits per heavy atom. The van der Waals surface area contributed by atoms with Crippen LogP contribution in [0.25, 0.3) is 0 Å². The van der Waals surface area contributed by atoms with Crippen molar-refractivity contribution >= 4 is 0 Å². The van der Waals surface area contributed by atoms with Crippen LogP contribution in [0, 0.1) is 47.3 Å². The molecule has 2 aliphatic heterocycles. The summed E-state index contributed by atoms with van der Waals surface area (Å²) in [6.07, 6.45) is 4.05. The van der Waals surface area contributed by atoms with Crippen LogP contribution in [0.4, 0.5) is 0 Å². The van der Waals surface area contributed by atoms with Crippen LogP contribution in [0.3, 0.4) is 0 Å². The maximum atomic E-state index is 6.64. The van der Waals surface area contributed by atoms with Gasteiger partial charge in [-0.05, 0) is 54.1 Å². The van der Waals surface area contributed by atoms with Crippen molar-refractivity contribution in [3.63, 3.8) is 0 Å². The maximum Gasteiger partial charge on any atom is 0.126 e. The van der Waals surface area contributed by atoms with Crippen molar-refractivity contribution in [1.82, 2.24) is 10.3 Å². The molecule has 7 aliphatic rings. The van der Waals surface area contributed by atoms with E-state index in [0.29, 0.717) is 6.10 Å². The van der Waals surface area contributed by atoms with E-state index in [1.54, 1.807) is 0 Å². The summed E-state index contributed by atoms with van der Waals surface area (Å²) in [4.78, 5) is 4.46. The Kier molecular flexibility index (Phi) is 1.34. The Labute approximate surface area is 118 Å². The molecule has 0 amide bonds. The van der Waals surface area contributed by atoms with E-state index in [1.807, 2.05) is 12.3 Å². The van der Waals surface area contributed by atoms with Crippen molar-refractivity contribution in [1.29, 1.82) is 0 Å². The van der Waals surface area contributed by atoms with Gasteiger partial charge in [-0.15, -0.1) is 0 Å². The topological polar surface area (TPSA) is 34.1 Å². The van der Waals surface area contributed by atoms with E-state index < -0.39 is 0 Å². The van der Waals surface area contributed by atoms with Gasteiger partial charge in [-0.2, -0.15) is 0 Å². The number of nitrogens with zero attached hydrogens (tertiary/aromatic N) is 1. The minimum Gasteiger partial charge on any atom is -0.356 e. The van der Waals surface area contributed by atoms with E-state index in [1.165, 1.54) is 6.42 Å². The monoisotopic (exact) mass is 266 g/mol. The fourth-order valence-electron chi connectivity index (χ4n) is 8.02. The van der Waals surface area contributed by atoms with E-state index in [4.69, 9.17) is 4.74 Å². The Morgan fingerprint density at radius 1 is 1.15 bits per heavy atom. The van der Waals surface area contributed by atoms with Crippen LogP contribution < -0.4 is 5.32 Å². The first-order chi connectivity index (χ1) is 9.90. The molecule has 1 N–H and O–H groups in total. The molecular formula is C17H18N2O. The fourth-order valence-corrected chi connectivity index (χ4v) is 8.02. The Morgan fingerprint density at radius 2 is 2.15 bits per heavy atom. The van der Waals surface area contributed by atoms with E-state index in [9.17, 15) is 0 Å². The lowest BCUT2D eigenvalue weighted by atomic mass is 9.59. The van der Waals surface area contributed by atoms with Crippen LogP contribution >= 0.6 is 0 Å². The van der Waals surface area contributed by atoms with Gasteiger partial charge in [0.2, 0.25) is 0 Å². The van der Waals surface area contributed by atoms with Gasteiger partial charge in [-0.1, -0.05) is 6.07 Å². The third kappa shape index (κ3) is 0.723. The highest BCUT2D eigenvalue weighted by molar-refractivity contribution is 5.38. The smallest absolute Gasteiger partial charge is 0.126 e. The molecular weight excluding hydrogens is 248 g/mol. The second kappa shape index (κ2) is 2.71. The fraction of sp³-hybridized carbons (Fsp3) is 0.706. The highest BCUT2D eigenvalue weighted by atomic mass is 16.5. The zero-order chi connectivity index (χ0) is 12.6. The lowest BCUT2D eigenvalue weighted by Gasteiger charge is -2.45. The summed E-state index contributed by atoms with van der Waals surface area (Å²) in [7, 11) is 0. The zero-order valence-corrected chi connectivity index (χ0v) is 11.3. The molecule has 3 heterocycles. The molecule has 5 saturated carbocycles. The number of pyridine rings is 1. The Bertz CT molecular complexity index is 623. The first kappa shape index (κ1) is 9.91. The second-order valence-electron chi connectivity index (χ2n) is 7.97. The summed E-state index contributed by atoms with van der Waals surface area (Å²) < 4.78 is 6.64. The predicted octanol–water partition coefficient (Wildman–Crippen LogP) is 1.65. The lowest BCUT2D eigenvalue weighted by molar-refractivity contribution is -0.0593. The van der Waals surface area contributed by atoms with E-state index in [2.05, 4.69) is 22.4 Å². The van der Waals surface area contributed by atoms with Crippen molar-refractivity contribution in [2.24, 2.45) is 47.3 Å². The van der Waals surface area contributed by atoms with Crippen LogP contribution in [0.15, 0.2) is 24.4 Å². The Hall–Kier alpha value is -0.930. The zero-order valence-electron chi connectivity index (χ0n) is 11.3. The SMILES string of the molecule is c1ccc(CNC23OC4C5C6CC(C7C6C4C72)C53)nc1. The number of hydrogen-bond donors (Lipinski definition) is 1. The van der Waals surface area contributed by atoms with Crippen LogP contribution in [0.2, 0.25) is 0 Å². The van der Waals surface area contributed by atoms with Gasteiger partial charge in [0.25, 0.3) is 0 Å². The molecule has 4 bridgehead atoms. The first-order valence-corrected chi connectivity index (χ1v) is 8.23. The highest BCUT2D eigenvalue weighted by Crippen LogP contribution is 2.89. The highest BCUT2D eigenvalue weighted by Gasteiger charge is 2.92. The lowest BCUT2D eigenvalue weighted by Crippen LogP contribution is -2.56. The maximum absolute atomic E-state index is 6.64.